The molecule has 36 heavy (non-hydrogen) atoms. The summed E-state index contributed by atoms with van der Waals surface area (Å²) < 4.78 is 51.3. The van der Waals surface area contributed by atoms with Gasteiger partial charge in [-0.1, -0.05) is 0 Å². The van der Waals surface area contributed by atoms with Crippen molar-refractivity contribution in [1.82, 2.24) is 4.90 Å². The van der Waals surface area contributed by atoms with Crippen molar-refractivity contribution in [3.63, 3.8) is 0 Å². The first kappa shape index (κ1) is 27.7. The minimum Gasteiger partial charge on any atom is -0.478 e. The van der Waals surface area contributed by atoms with Gasteiger partial charge in [0, 0.05) is 64.6 Å². The first-order valence-electron chi connectivity index (χ1n) is 12.0. The lowest BCUT2D eigenvalue weighted by Gasteiger charge is -2.36. The maximum Gasteiger partial charge on any atom is 0.471 e. The van der Waals surface area contributed by atoms with Crippen LogP contribution >= 0.6 is 0 Å². The van der Waals surface area contributed by atoms with Crippen LogP contribution in [0.15, 0.2) is 18.2 Å². The van der Waals surface area contributed by atoms with Gasteiger partial charge in [-0.2, -0.15) is 13.2 Å². The molecule has 3 rings (SSSR count). The van der Waals surface area contributed by atoms with E-state index in [9.17, 15) is 32.7 Å². The highest BCUT2D eigenvalue weighted by Crippen LogP contribution is 2.34. The SMILES string of the molecule is CCN(CCN1CC[C@@H](OC(C)=O)C1)c1ccc(C(=O)O)c(N(C(=O)C(F)(F)F)C2CCOCC2)c1. The van der Waals surface area contributed by atoms with Gasteiger partial charge in [-0.3, -0.25) is 14.5 Å². The number of likely N-dealkylation sites (N-methyl/N-ethyl adjacent to an activating group) is 1. The van der Waals surface area contributed by atoms with Crippen molar-refractivity contribution < 1.29 is 42.1 Å². The summed E-state index contributed by atoms with van der Waals surface area (Å²) in [7, 11) is 0. The van der Waals surface area contributed by atoms with Gasteiger partial charge >= 0.3 is 24.0 Å². The normalized spacial score (nSPS) is 19.2. The van der Waals surface area contributed by atoms with Crippen molar-refractivity contribution in [3.8, 4) is 0 Å². The molecule has 2 aliphatic rings. The number of anilines is 2. The van der Waals surface area contributed by atoms with E-state index in [0.717, 1.165) is 13.0 Å². The molecule has 2 fully saturated rings. The second kappa shape index (κ2) is 11.9. The van der Waals surface area contributed by atoms with Crippen LogP contribution in [0.5, 0.6) is 0 Å². The number of aromatic carboxylic acids is 1. The molecule has 200 valence electrons. The topological polar surface area (TPSA) is 99.6 Å². The number of likely N-dealkylation sites (tertiary alicyclic amines) is 1. The van der Waals surface area contributed by atoms with Crippen molar-refractivity contribution in [2.45, 2.75) is 51.4 Å². The van der Waals surface area contributed by atoms with Crippen molar-refractivity contribution in [3.05, 3.63) is 23.8 Å². The van der Waals surface area contributed by atoms with Crippen molar-refractivity contribution >= 4 is 29.2 Å². The molecule has 1 atom stereocenters. The number of esters is 1. The Morgan fingerprint density at radius 1 is 1.19 bits per heavy atom. The average molecular weight is 516 g/mol. The largest absolute Gasteiger partial charge is 0.478 e. The smallest absolute Gasteiger partial charge is 0.471 e. The van der Waals surface area contributed by atoms with Gasteiger partial charge in [0.1, 0.15) is 6.10 Å². The van der Waals surface area contributed by atoms with Gasteiger partial charge in [0.2, 0.25) is 0 Å². The number of nitrogens with zero attached hydrogens (tertiary/aromatic N) is 3. The van der Waals surface area contributed by atoms with Crippen LogP contribution in [0.3, 0.4) is 0 Å². The number of hydrogen-bond acceptors (Lipinski definition) is 7. The van der Waals surface area contributed by atoms with Crippen molar-refractivity contribution in [1.29, 1.82) is 0 Å². The van der Waals surface area contributed by atoms with E-state index in [1.807, 2.05) is 11.8 Å². The predicted octanol–water partition coefficient (Wildman–Crippen LogP) is 2.92. The molecule has 9 nitrogen and oxygen atoms in total. The maximum absolute atomic E-state index is 13.6. The van der Waals surface area contributed by atoms with E-state index in [1.165, 1.54) is 19.1 Å². The highest BCUT2D eigenvalue weighted by atomic mass is 19.4. The monoisotopic (exact) mass is 515 g/mol. The summed E-state index contributed by atoms with van der Waals surface area (Å²) in [5.41, 5.74) is -0.133. The van der Waals surface area contributed by atoms with Gasteiger partial charge in [0.15, 0.2) is 0 Å². The zero-order valence-electron chi connectivity index (χ0n) is 20.4. The number of carbonyl (C=O) groups is 3. The summed E-state index contributed by atoms with van der Waals surface area (Å²) in [4.78, 5) is 40.3. The molecule has 12 heteroatoms. The Morgan fingerprint density at radius 3 is 2.47 bits per heavy atom. The Bertz CT molecular complexity index is 952. The van der Waals surface area contributed by atoms with Crippen LogP contribution in [0.4, 0.5) is 24.5 Å². The third kappa shape index (κ3) is 6.88. The number of ether oxygens (including phenoxy) is 2. The lowest BCUT2D eigenvalue weighted by Crippen LogP contribution is -2.50. The van der Waals surface area contributed by atoms with E-state index in [2.05, 4.69) is 4.90 Å². The molecule has 0 aromatic heterocycles. The Hall–Kier alpha value is -2.86. The van der Waals surface area contributed by atoms with Gasteiger partial charge in [0.05, 0.1) is 11.3 Å². The van der Waals surface area contributed by atoms with Gasteiger partial charge < -0.3 is 24.4 Å². The van der Waals surface area contributed by atoms with E-state index >= 15 is 0 Å². The molecule has 1 amide bonds. The average Bonchev–Trinajstić information content (AvgIpc) is 3.26. The minimum atomic E-state index is -5.16. The quantitative estimate of drug-likeness (QED) is 0.502. The number of benzene rings is 1. The number of rotatable bonds is 9. The molecule has 0 aliphatic carbocycles. The minimum absolute atomic E-state index is 0.166. The Labute approximate surface area is 207 Å². The van der Waals surface area contributed by atoms with Crippen LogP contribution in [-0.4, -0.2) is 92.1 Å². The van der Waals surface area contributed by atoms with E-state index in [1.54, 1.807) is 6.07 Å². The molecule has 0 unspecified atom stereocenters. The Morgan fingerprint density at radius 2 is 1.89 bits per heavy atom. The molecule has 1 N–H and O–H groups in total. The number of hydrogen-bond donors (Lipinski definition) is 1. The Kier molecular flexibility index (Phi) is 9.18. The lowest BCUT2D eigenvalue weighted by atomic mass is 10.0. The van der Waals surface area contributed by atoms with Gasteiger partial charge in [-0.05, 0) is 44.4 Å². The van der Waals surface area contributed by atoms with Crippen LogP contribution < -0.4 is 9.80 Å². The number of carboxylic acids is 1. The highest BCUT2D eigenvalue weighted by molar-refractivity contribution is 6.05. The third-order valence-electron chi connectivity index (χ3n) is 6.48. The fraction of sp³-hybridized carbons (Fsp3) is 0.625. The van der Waals surface area contributed by atoms with E-state index in [4.69, 9.17) is 9.47 Å². The number of amides is 1. The van der Waals surface area contributed by atoms with Crippen molar-refractivity contribution in [2.24, 2.45) is 0 Å². The van der Waals surface area contributed by atoms with E-state index < -0.39 is 24.1 Å². The molecular weight excluding hydrogens is 483 g/mol. The van der Waals surface area contributed by atoms with Gasteiger partial charge in [0.25, 0.3) is 0 Å². The van der Waals surface area contributed by atoms with Crippen LogP contribution in [0.25, 0.3) is 0 Å². The van der Waals surface area contributed by atoms with Crippen LogP contribution in [0.2, 0.25) is 0 Å². The standard InChI is InChI=1S/C24H32F3N3O6/c1-3-29(11-10-28-9-6-19(15-28)36-16(2)31)18-4-5-20(22(32)33)21(14-18)30(23(34)24(25,26)27)17-7-12-35-13-8-17/h4-5,14,17,19H,3,6-13,15H2,1-2H3,(H,32,33)/t19-/m1/s1. The Balaban J connectivity index is 1.87. The first-order chi connectivity index (χ1) is 17.0. The second-order valence-corrected chi connectivity index (χ2v) is 8.92. The number of alkyl halides is 3. The molecule has 0 radical (unpaired) electrons. The molecule has 0 spiro atoms. The zero-order valence-corrected chi connectivity index (χ0v) is 20.4. The third-order valence-corrected chi connectivity index (χ3v) is 6.48. The van der Waals surface area contributed by atoms with E-state index in [0.29, 0.717) is 36.8 Å². The number of carboxylic acid groups (broad SMARTS) is 1. The van der Waals surface area contributed by atoms with E-state index in [-0.39, 0.29) is 49.4 Å². The summed E-state index contributed by atoms with van der Waals surface area (Å²) in [6, 6.07) is 3.32. The summed E-state index contributed by atoms with van der Waals surface area (Å²) in [5.74, 6) is -3.84. The molecule has 1 aromatic rings. The molecule has 2 aliphatic heterocycles. The van der Waals surface area contributed by atoms with Gasteiger partial charge in [-0.15, -0.1) is 0 Å². The fourth-order valence-corrected chi connectivity index (χ4v) is 4.71. The summed E-state index contributed by atoms with van der Waals surface area (Å²) in [5, 5.41) is 9.72. The maximum atomic E-state index is 13.6. The molecule has 0 bridgehead atoms. The van der Waals surface area contributed by atoms with Crippen LogP contribution in [-0.2, 0) is 19.1 Å². The second-order valence-electron chi connectivity index (χ2n) is 8.92. The molecule has 2 saturated heterocycles. The first-order valence-corrected chi connectivity index (χ1v) is 12.0. The summed E-state index contributed by atoms with van der Waals surface area (Å²) >= 11 is 0. The number of carbonyl (C=O) groups excluding carboxylic acids is 2. The van der Waals surface area contributed by atoms with Crippen molar-refractivity contribution in [2.75, 3.05) is 55.7 Å². The molecular formula is C24H32F3N3O6. The molecule has 2 heterocycles. The molecule has 0 saturated carbocycles. The zero-order chi connectivity index (χ0) is 26.5. The highest BCUT2D eigenvalue weighted by Gasteiger charge is 2.46. The van der Waals surface area contributed by atoms with Gasteiger partial charge in [-0.25, -0.2) is 4.79 Å². The predicted molar refractivity (Wildman–Crippen MR) is 125 cm³/mol. The van der Waals surface area contributed by atoms with Crippen LogP contribution in [0, 0.1) is 0 Å². The molecule has 1 aromatic carbocycles. The summed E-state index contributed by atoms with van der Waals surface area (Å²) in [6.07, 6.45) is -4.27. The van der Waals surface area contributed by atoms with Crippen LogP contribution in [0.1, 0.15) is 43.5 Å². The lowest BCUT2D eigenvalue weighted by molar-refractivity contribution is -0.171. The number of halogens is 3. The summed E-state index contributed by atoms with van der Waals surface area (Å²) in [6.45, 7) is 6.60. The fourth-order valence-electron chi connectivity index (χ4n) is 4.71.